The van der Waals surface area contributed by atoms with Crippen LogP contribution in [0.2, 0.25) is 5.02 Å². The smallest absolute Gasteiger partial charge is 0.231 e. The Morgan fingerprint density at radius 3 is 3.03 bits per heavy atom. The van der Waals surface area contributed by atoms with Crippen LogP contribution in [0.1, 0.15) is 12.0 Å². The Balaban J connectivity index is 1.22. The van der Waals surface area contributed by atoms with Crippen molar-refractivity contribution in [3.8, 4) is 0 Å². The van der Waals surface area contributed by atoms with Crippen molar-refractivity contribution in [1.29, 1.82) is 0 Å². The molecule has 0 aliphatic carbocycles. The van der Waals surface area contributed by atoms with Gasteiger partial charge in [0, 0.05) is 41.6 Å². The Hall–Kier alpha value is -2.90. The Labute approximate surface area is 181 Å². The molecule has 0 spiro atoms. The van der Waals surface area contributed by atoms with Crippen molar-refractivity contribution in [3.05, 3.63) is 59.2 Å². The lowest BCUT2D eigenvalue weighted by molar-refractivity contribution is -0.128. The van der Waals surface area contributed by atoms with Crippen LogP contribution in [0.15, 0.2) is 48.7 Å². The van der Waals surface area contributed by atoms with Crippen LogP contribution in [0.5, 0.6) is 0 Å². The third-order valence-electron chi connectivity index (χ3n) is 5.49. The minimum absolute atomic E-state index is 0.0114. The average Bonchev–Trinajstić information content (AvgIpc) is 3.42. The number of nitrogens with zero attached hydrogens (tertiary/aromatic N) is 2. The summed E-state index contributed by atoms with van der Waals surface area (Å²) in [6.07, 6.45) is 2.90. The van der Waals surface area contributed by atoms with Crippen molar-refractivity contribution in [3.63, 3.8) is 0 Å². The summed E-state index contributed by atoms with van der Waals surface area (Å²) < 4.78 is 1.02. The minimum atomic E-state index is -0.359. The summed E-state index contributed by atoms with van der Waals surface area (Å²) in [5, 5.41) is 5.21. The first-order valence-corrected chi connectivity index (χ1v) is 11.0. The molecule has 8 heteroatoms. The molecule has 2 aromatic carbocycles. The van der Waals surface area contributed by atoms with Gasteiger partial charge < -0.3 is 15.2 Å². The summed E-state index contributed by atoms with van der Waals surface area (Å²) in [7, 11) is 0. The third-order valence-corrected chi connectivity index (χ3v) is 6.68. The molecule has 2 N–H and O–H groups in total. The van der Waals surface area contributed by atoms with Crippen molar-refractivity contribution in [2.24, 2.45) is 5.92 Å². The average molecular weight is 439 g/mol. The van der Waals surface area contributed by atoms with Gasteiger partial charge in [-0.25, -0.2) is 4.98 Å². The number of amides is 2. The molecule has 1 saturated heterocycles. The molecule has 5 rings (SSSR count). The molecule has 0 bridgehead atoms. The number of thiazole rings is 1. The number of para-hydroxylation sites is 1. The van der Waals surface area contributed by atoms with Gasteiger partial charge in [-0.2, -0.15) is 0 Å². The lowest BCUT2D eigenvalue weighted by Gasteiger charge is -2.16. The number of carbonyl (C=O) groups is 2. The maximum atomic E-state index is 12.7. The van der Waals surface area contributed by atoms with Crippen molar-refractivity contribution in [2.45, 2.75) is 12.8 Å². The summed E-state index contributed by atoms with van der Waals surface area (Å²) in [5.74, 6) is -0.497. The van der Waals surface area contributed by atoms with Crippen LogP contribution >= 0.6 is 22.9 Å². The largest absolute Gasteiger partial charge is 0.361 e. The van der Waals surface area contributed by atoms with E-state index in [0.717, 1.165) is 26.7 Å². The van der Waals surface area contributed by atoms with Crippen LogP contribution in [0, 0.1) is 5.92 Å². The predicted molar refractivity (Wildman–Crippen MR) is 120 cm³/mol. The van der Waals surface area contributed by atoms with Crippen molar-refractivity contribution < 1.29 is 9.59 Å². The van der Waals surface area contributed by atoms with Gasteiger partial charge in [0.2, 0.25) is 11.8 Å². The quantitative estimate of drug-likeness (QED) is 0.483. The van der Waals surface area contributed by atoms with E-state index in [2.05, 4.69) is 15.3 Å². The fourth-order valence-electron chi connectivity index (χ4n) is 3.91. The Morgan fingerprint density at radius 1 is 1.30 bits per heavy atom. The first-order valence-electron chi connectivity index (χ1n) is 9.76. The van der Waals surface area contributed by atoms with E-state index in [1.807, 2.05) is 48.7 Å². The van der Waals surface area contributed by atoms with E-state index in [1.54, 1.807) is 4.90 Å². The zero-order valence-electron chi connectivity index (χ0n) is 16.0. The molecule has 6 nitrogen and oxygen atoms in total. The van der Waals surface area contributed by atoms with Gasteiger partial charge >= 0.3 is 0 Å². The second-order valence-electron chi connectivity index (χ2n) is 7.47. The minimum Gasteiger partial charge on any atom is -0.361 e. The SMILES string of the molecule is O=C(Nc1nc2ccccc2s1)[C@@H]1CC(=O)N(CCc2c[nH]c3ccc(Cl)cc23)C1. The van der Waals surface area contributed by atoms with E-state index in [4.69, 9.17) is 11.6 Å². The highest BCUT2D eigenvalue weighted by Gasteiger charge is 2.34. The number of nitrogens with one attached hydrogen (secondary N) is 2. The van der Waals surface area contributed by atoms with Crippen LogP contribution < -0.4 is 5.32 Å². The Bertz CT molecular complexity index is 1230. The van der Waals surface area contributed by atoms with Gasteiger partial charge in [0.05, 0.1) is 16.1 Å². The number of hydrogen-bond donors (Lipinski definition) is 2. The fourth-order valence-corrected chi connectivity index (χ4v) is 4.95. The zero-order chi connectivity index (χ0) is 20.7. The first kappa shape index (κ1) is 19.1. The van der Waals surface area contributed by atoms with Crippen LogP contribution in [0.4, 0.5) is 5.13 Å². The molecule has 1 aliphatic heterocycles. The number of H-pyrrole nitrogens is 1. The normalized spacial score (nSPS) is 16.6. The van der Waals surface area contributed by atoms with Gasteiger partial charge in [-0.1, -0.05) is 35.1 Å². The van der Waals surface area contributed by atoms with E-state index >= 15 is 0 Å². The fraction of sp³-hybridized carbons (Fsp3) is 0.227. The van der Waals surface area contributed by atoms with Gasteiger partial charge in [0.25, 0.3) is 0 Å². The Morgan fingerprint density at radius 2 is 2.17 bits per heavy atom. The topological polar surface area (TPSA) is 78.1 Å². The molecule has 2 aromatic heterocycles. The van der Waals surface area contributed by atoms with Gasteiger partial charge in [-0.05, 0) is 42.3 Å². The first-order chi connectivity index (χ1) is 14.6. The predicted octanol–water partition coefficient (Wildman–Crippen LogP) is 4.46. The van der Waals surface area contributed by atoms with Gasteiger partial charge in [0.15, 0.2) is 5.13 Å². The van der Waals surface area contributed by atoms with Crippen molar-refractivity contribution in [1.82, 2.24) is 14.9 Å². The van der Waals surface area contributed by atoms with Gasteiger partial charge in [-0.3, -0.25) is 9.59 Å². The maximum absolute atomic E-state index is 12.7. The van der Waals surface area contributed by atoms with Crippen LogP contribution in [0.3, 0.4) is 0 Å². The molecule has 1 aliphatic rings. The van der Waals surface area contributed by atoms with E-state index in [0.29, 0.717) is 29.7 Å². The second-order valence-corrected chi connectivity index (χ2v) is 8.94. The number of benzene rings is 2. The van der Waals surface area contributed by atoms with Gasteiger partial charge in [-0.15, -0.1) is 0 Å². The molecule has 1 atom stereocenters. The number of aromatic amines is 1. The van der Waals surface area contributed by atoms with E-state index in [1.165, 1.54) is 11.3 Å². The zero-order valence-corrected chi connectivity index (χ0v) is 17.6. The van der Waals surface area contributed by atoms with Crippen LogP contribution in [-0.4, -0.2) is 39.8 Å². The summed E-state index contributed by atoms with van der Waals surface area (Å²) >= 11 is 7.56. The molecular weight excluding hydrogens is 420 g/mol. The number of halogens is 1. The number of carbonyl (C=O) groups excluding carboxylic acids is 2. The number of anilines is 1. The number of aromatic nitrogens is 2. The monoisotopic (exact) mass is 438 g/mol. The lowest BCUT2D eigenvalue weighted by atomic mass is 10.1. The van der Waals surface area contributed by atoms with Crippen molar-refractivity contribution >= 4 is 61.0 Å². The summed E-state index contributed by atoms with van der Waals surface area (Å²) in [4.78, 5) is 34.6. The number of likely N-dealkylation sites (tertiary alicyclic amines) is 1. The molecule has 1 fully saturated rings. The second kappa shape index (κ2) is 7.74. The van der Waals surface area contributed by atoms with Crippen LogP contribution in [-0.2, 0) is 16.0 Å². The number of fused-ring (bicyclic) bond motifs is 2. The maximum Gasteiger partial charge on any atom is 0.231 e. The highest BCUT2D eigenvalue weighted by Crippen LogP contribution is 2.28. The molecule has 3 heterocycles. The molecule has 4 aromatic rings. The summed E-state index contributed by atoms with van der Waals surface area (Å²) in [5.41, 5.74) is 3.00. The van der Waals surface area contributed by atoms with Crippen LogP contribution in [0.25, 0.3) is 21.1 Å². The number of rotatable bonds is 5. The molecule has 30 heavy (non-hydrogen) atoms. The number of hydrogen-bond acceptors (Lipinski definition) is 4. The van der Waals surface area contributed by atoms with E-state index in [9.17, 15) is 9.59 Å². The third kappa shape index (κ3) is 3.66. The standard InChI is InChI=1S/C22H19ClN4O2S/c23-15-5-6-17-16(10-15)13(11-24-17)7-8-27-12-14(9-20(27)28)21(29)26-22-25-18-3-1-2-4-19(18)30-22/h1-6,10-11,14,24H,7-9,12H2,(H,25,26,29)/t14-/m1/s1. The van der Waals surface area contributed by atoms with Gasteiger partial charge in [0.1, 0.15) is 0 Å². The highest BCUT2D eigenvalue weighted by atomic mass is 35.5. The molecular formula is C22H19ClN4O2S. The highest BCUT2D eigenvalue weighted by molar-refractivity contribution is 7.22. The molecule has 152 valence electrons. The summed E-state index contributed by atoms with van der Waals surface area (Å²) in [6, 6.07) is 13.5. The molecule has 2 amide bonds. The summed E-state index contributed by atoms with van der Waals surface area (Å²) in [6.45, 7) is 1.00. The van der Waals surface area contributed by atoms with E-state index < -0.39 is 0 Å². The lowest BCUT2D eigenvalue weighted by Crippen LogP contribution is -2.29. The molecule has 0 radical (unpaired) electrons. The van der Waals surface area contributed by atoms with Crippen molar-refractivity contribution in [2.75, 3.05) is 18.4 Å². The molecule has 0 saturated carbocycles. The molecule has 0 unspecified atom stereocenters. The Kier molecular flexibility index (Phi) is 4.92. The van der Waals surface area contributed by atoms with E-state index in [-0.39, 0.29) is 24.2 Å².